The summed E-state index contributed by atoms with van der Waals surface area (Å²) in [7, 11) is 0. The molecule has 3 rings (SSSR count). The van der Waals surface area contributed by atoms with E-state index in [2.05, 4.69) is 17.6 Å². The summed E-state index contributed by atoms with van der Waals surface area (Å²) in [5.74, 6) is 0.254. The lowest BCUT2D eigenvalue weighted by atomic mass is 9.88. The molecule has 0 spiro atoms. The third-order valence-electron chi connectivity index (χ3n) is 4.13. The molecule has 1 heterocycles. The monoisotopic (exact) mass is 362 g/mol. The lowest BCUT2D eigenvalue weighted by molar-refractivity contribution is -0.114. The molecule has 126 valence electrons. The van der Waals surface area contributed by atoms with Crippen LogP contribution < -0.4 is 10.6 Å². The summed E-state index contributed by atoms with van der Waals surface area (Å²) in [5.41, 5.74) is 2.36. The number of anilines is 2. The number of nitrogens with one attached hydrogen (secondary N) is 2. The van der Waals surface area contributed by atoms with Gasteiger partial charge in [-0.2, -0.15) is 0 Å². The van der Waals surface area contributed by atoms with E-state index in [9.17, 15) is 9.59 Å². The molecule has 4 nitrogen and oxygen atoms in total. The normalized spacial score (nSPS) is 16.4. The number of carbonyl (C=O) groups excluding carboxylic acids is 2. The number of thiophene rings is 1. The van der Waals surface area contributed by atoms with Gasteiger partial charge in [-0.05, 0) is 55.0 Å². The first-order valence-electron chi connectivity index (χ1n) is 7.93. The van der Waals surface area contributed by atoms with Crippen LogP contribution in [0.15, 0.2) is 24.3 Å². The number of fused-ring (bicyclic) bond motifs is 1. The zero-order chi connectivity index (χ0) is 17.3. The zero-order valence-corrected chi connectivity index (χ0v) is 15.2. The molecule has 1 aliphatic rings. The van der Waals surface area contributed by atoms with Crippen LogP contribution in [-0.2, 0) is 17.6 Å². The van der Waals surface area contributed by atoms with Gasteiger partial charge in [-0.3, -0.25) is 9.59 Å². The first-order chi connectivity index (χ1) is 11.4. The van der Waals surface area contributed by atoms with Crippen LogP contribution in [0.4, 0.5) is 10.7 Å². The van der Waals surface area contributed by atoms with Crippen LogP contribution in [0.25, 0.3) is 0 Å². The lowest BCUT2D eigenvalue weighted by Crippen LogP contribution is -2.18. The van der Waals surface area contributed by atoms with E-state index < -0.39 is 0 Å². The Bertz CT molecular complexity index is 783. The number of rotatable bonds is 3. The van der Waals surface area contributed by atoms with Crippen LogP contribution >= 0.6 is 22.9 Å². The highest BCUT2D eigenvalue weighted by Gasteiger charge is 2.28. The van der Waals surface area contributed by atoms with Crippen molar-refractivity contribution in [2.45, 2.75) is 33.1 Å². The van der Waals surface area contributed by atoms with Gasteiger partial charge in [0.05, 0.1) is 5.56 Å². The topological polar surface area (TPSA) is 58.2 Å². The predicted molar refractivity (Wildman–Crippen MR) is 99.2 cm³/mol. The van der Waals surface area contributed by atoms with E-state index in [1.807, 2.05) is 0 Å². The second-order valence-corrected chi connectivity index (χ2v) is 7.74. The molecule has 2 N–H and O–H groups in total. The fourth-order valence-electron chi connectivity index (χ4n) is 2.97. The molecule has 2 amide bonds. The van der Waals surface area contributed by atoms with Crippen molar-refractivity contribution in [1.82, 2.24) is 0 Å². The summed E-state index contributed by atoms with van der Waals surface area (Å²) >= 11 is 7.40. The minimum Gasteiger partial charge on any atom is -0.322 e. The predicted octanol–water partition coefficient (Wildman–Crippen LogP) is 4.74. The first kappa shape index (κ1) is 17.0. The number of hydrogen-bond acceptors (Lipinski definition) is 3. The van der Waals surface area contributed by atoms with Crippen molar-refractivity contribution in [2.75, 3.05) is 10.6 Å². The fraction of sp³-hybridized carbons (Fsp3) is 0.333. The van der Waals surface area contributed by atoms with Crippen molar-refractivity contribution >= 4 is 45.4 Å². The molecule has 0 aliphatic heterocycles. The number of hydrogen-bond donors (Lipinski definition) is 2. The van der Waals surface area contributed by atoms with Gasteiger partial charge in [0.25, 0.3) is 5.91 Å². The molecule has 0 radical (unpaired) electrons. The average Bonchev–Trinajstić information content (AvgIpc) is 2.85. The maximum Gasteiger partial charge on any atom is 0.258 e. The molecule has 2 aromatic rings. The molecule has 0 bridgehead atoms. The van der Waals surface area contributed by atoms with Gasteiger partial charge < -0.3 is 10.6 Å². The Morgan fingerprint density at radius 1 is 1.21 bits per heavy atom. The molecule has 1 aliphatic carbocycles. The van der Waals surface area contributed by atoms with Gasteiger partial charge in [0, 0.05) is 22.5 Å². The molecule has 0 saturated heterocycles. The molecular weight excluding hydrogens is 344 g/mol. The molecule has 1 atom stereocenters. The quantitative estimate of drug-likeness (QED) is 0.828. The number of halogens is 1. The largest absolute Gasteiger partial charge is 0.322 e. The Kier molecular flexibility index (Phi) is 4.92. The molecule has 0 saturated carbocycles. The van der Waals surface area contributed by atoms with Crippen molar-refractivity contribution in [3.05, 3.63) is 45.3 Å². The third kappa shape index (κ3) is 3.62. The van der Waals surface area contributed by atoms with E-state index in [0.29, 0.717) is 27.2 Å². The smallest absolute Gasteiger partial charge is 0.258 e. The van der Waals surface area contributed by atoms with Gasteiger partial charge >= 0.3 is 0 Å². The number of carbonyl (C=O) groups is 2. The van der Waals surface area contributed by atoms with Crippen molar-refractivity contribution in [2.24, 2.45) is 5.92 Å². The van der Waals surface area contributed by atoms with Crippen LogP contribution in [-0.4, -0.2) is 11.8 Å². The Morgan fingerprint density at radius 3 is 2.58 bits per heavy atom. The summed E-state index contributed by atoms with van der Waals surface area (Å²) in [6.45, 7) is 3.68. The minimum atomic E-state index is -0.187. The molecule has 1 unspecified atom stereocenters. The molecule has 1 aromatic heterocycles. The highest BCUT2D eigenvalue weighted by Crippen LogP contribution is 2.40. The molecule has 0 fully saturated rings. The maximum absolute atomic E-state index is 12.8. The Labute approximate surface area is 150 Å². The highest BCUT2D eigenvalue weighted by molar-refractivity contribution is 7.17. The van der Waals surface area contributed by atoms with E-state index in [-0.39, 0.29) is 11.8 Å². The van der Waals surface area contributed by atoms with Gasteiger partial charge in [0.2, 0.25) is 5.91 Å². The van der Waals surface area contributed by atoms with Crippen LogP contribution in [0.3, 0.4) is 0 Å². The Hall–Kier alpha value is -1.85. The van der Waals surface area contributed by atoms with Crippen LogP contribution in [0.5, 0.6) is 0 Å². The first-order valence-corrected chi connectivity index (χ1v) is 9.12. The molecule has 24 heavy (non-hydrogen) atoms. The lowest BCUT2D eigenvalue weighted by Gasteiger charge is -2.18. The van der Waals surface area contributed by atoms with E-state index >= 15 is 0 Å². The summed E-state index contributed by atoms with van der Waals surface area (Å²) < 4.78 is 0. The zero-order valence-electron chi connectivity index (χ0n) is 13.6. The van der Waals surface area contributed by atoms with Crippen molar-refractivity contribution < 1.29 is 9.59 Å². The van der Waals surface area contributed by atoms with E-state index in [1.165, 1.54) is 23.1 Å². The van der Waals surface area contributed by atoms with Crippen LogP contribution in [0.2, 0.25) is 5.02 Å². The highest BCUT2D eigenvalue weighted by atomic mass is 35.5. The SMILES string of the molecule is CC(=O)Nc1sc2c(c1C(=O)Nc1ccc(Cl)cc1)CCC(C)C2. The second kappa shape index (κ2) is 6.95. The summed E-state index contributed by atoms with van der Waals surface area (Å²) in [4.78, 5) is 25.5. The fourth-order valence-corrected chi connectivity index (χ4v) is 4.55. The van der Waals surface area contributed by atoms with Gasteiger partial charge in [-0.15, -0.1) is 11.3 Å². The van der Waals surface area contributed by atoms with Gasteiger partial charge in [-0.25, -0.2) is 0 Å². The molecule has 6 heteroatoms. The summed E-state index contributed by atoms with van der Waals surface area (Å²) in [6.07, 6.45) is 2.89. The van der Waals surface area contributed by atoms with Gasteiger partial charge in [0.1, 0.15) is 5.00 Å². The summed E-state index contributed by atoms with van der Waals surface area (Å²) in [6, 6.07) is 6.99. The van der Waals surface area contributed by atoms with Crippen LogP contribution in [0, 0.1) is 5.92 Å². The minimum absolute atomic E-state index is 0.165. The van der Waals surface area contributed by atoms with E-state index in [4.69, 9.17) is 11.6 Å². The Morgan fingerprint density at radius 2 is 1.92 bits per heavy atom. The number of amides is 2. The summed E-state index contributed by atoms with van der Waals surface area (Å²) in [5, 5.41) is 6.99. The second-order valence-electron chi connectivity index (χ2n) is 6.20. The van der Waals surface area contributed by atoms with Gasteiger partial charge in [0.15, 0.2) is 0 Å². The van der Waals surface area contributed by atoms with E-state index in [1.54, 1.807) is 24.3 Å². The van der Waals surface area contributed by atoms with Crippen molar-refractivity contribution in [1.29, 1.82) is 0 Å². The standard InChI is InChI=1S/C18H19ClN2O2S/c1-10-3-8-14-15(9-10)24-18(20-11(2)22)16(14)17(23)21-13-6-4-12(19)5-7-13/h4-7,10H,3,8-9H2,1-2H3,(H,20,22)(H,21,23). The number of benzene rings is 1. The van der Waals surface area contributed by atoms with Crippen molar-refractivity contribution in [3.63, 3.8) is 0 Å². The maximum atomic E-state index is 12.8. The van der Waals surface area contributed by atoms with Crippen molar-refractivity contribution in [3.8, 4) is 0 Å². The third-order valence-corrected chi connectivity index (χ3v) is 5.55. The average molecular weight is 363 g/mol. The Balaban J connectivity index is 1.93. The van der Waals surface area contributed by atoms with E-state index in [0.717, 1.165) is 24.8 Å². The molecule has 1 aromatic carbocycles. The van der Waals surface area contributed by atoms with Crippen LogP contribution in [0.1, 0.15) is 41.1 Å². The van der Waals surface area contributed by atoms with Gasteiger partial charge in [-0.1, -0.05) is 18.5 Å². The molecular formula is C18H19ClN2O2S.